The Hall–Kier alpha value is -0.950. The second-order valence-electron chi connectivity index (χ2n) is 5.65. The van der Waals surface area contributed by atoms with Crippen molar-refractivity contribution < 1.29 is 18.3 Å². The summed E-state index contributed by atoms with van der Waals surface area (Å²) in [5.74, 6) is 0.352. The van der Waals surface area contributed by atoms with Crippen molar-refractivity contribution in [3.8, 4) is 0 Å². The van der Waals surface area contributed by atoms with Crippen LogP contribution in [-0.4, -0.2) is 44.1 Å². The lowest BCUT2D eigenvalue weighted by Gasteiger charge is -2.35. The molecule has 1 aromatic carbocycles. The highest BCUT2D eigenvalue weighted by Gasteiger charge is 2.33. The second-order valence-corrected chi connectivity index (χ2v) is 7.59. The van der Waals surface area contributed by atoms with E-state index in [1.54, 1.807) is 38.3 Å². The van der Waals surface area contributed by atoms with Gasteiger partial charge in [-0.25, -0.2) is 8.42 Å². The molecule has 3 unspecified atom stereocenters. The largest absolute Gasteiger partial charge is 0.389 e. The van der Waals surface area contributed by atoms with Gasteiger partial charge in [-0.2, -0.15) is 4.31 Å². The summed E-state index contributed by atoms with van der Waals surface area (Å²) < 4.78 is 32.3. The van der Waals surface area contributed by atoms with Crippen LogP contribution in [0.25, 0.3) is 0 Å². The SMILES string of the molecule is COC1CN(S(=O)(=O)c2cccc(C(C)O)c2)CCC1C. The minimum absolute atomic E-state index is 0.0755. The summed E-state index contributed by atoms with van der Waals surface area (Å²) in [4.78, 5) is 0.227. The highest BCUT2D eigenvalue weighted by atomic mass is 32.2. The Labute approximate surface area is 126 Å². The van der Waals surface area contributed by atoms with Gasteiger partial charge in [0.15, 0.2) is 0 Å². The fourth-order valence-corrected chi connectivity index (χ4v) is 4.14. The minimum Gasteiger partial charge on any atom is -0.389 e. The number of hydrogen-bond donors (Lipinski definition) is 1. The van der Waals surface area contributed by atoms with Crippen LogP contribution in [0.1, 0.15) is 31.9 Å². The highest BCUT2D eigenvalue weighted by molar-refractivity contribution is 7.89. The van der Waals surface area contributed by atoms with Gasteiger partial charge in [0, 0.05) is 20.2 Å². The van der Waals surface area contributed by atoms with Crippen molar-refractivity contribution in [3.63, 3.8) is 0 Å². The summed E-state index contributed by atoms with van der Waals surface area (Å²) in [7, 11) is -1.93. The maximum Gasteiger partial charge on any atom is 0.243 e. The standard InChI is InChI=1S/C15H23NO4S/c1-11-7-8-16(10-15(11)20-3)21(18,19)14-6-4-5-13(9-14)12(2)17/h4-6,9,11-12,15,17H,7-8,10H2,1-3H3. The quantitative estimate of drug-likeness (QED) is 0.920. The summed E-state index contributed by atoms with van der Waals surface area (Å²) in [6.07, 6.45) is 0.0233. The number of ether oxygens (including phenoxy) is 1. The molecule has 0 spiro atoms. The van der Waals surface area contributed by atoms with Crippen molar-refractivity contribution in [3.05, 3.63) is 29.8 Å². The number of nitrogens with zero attached hydrogens (tertiary/aromatic N) is 1. The zero-order valence-electron chi connectivity index (χ0n) is 12.7. The number of methoxy groups -OCH3 is 1. The normalized spacial score (nSPS) is 25.7. The molecular weight excluding hydrogens is 290 g/mol. The first-order chi connectivity index (χ1) is 9.86. The first-order valence-corrected chi connectivity index (χ1v) is 8.61. The third-order valence-electron chi connectivity index (χ3n) is 4.13. The predicted molar refractivity (Wildman–Crippen MR) is 80.4 cm³/mol. The predicted octanol–water partition coefficient (Wildman–Crippen LogP) is 1.79. The van der Waals surface area contributed by atoms with Gasteiger partial charge in [-0.3, -0.25) is 0 Å². The van der Waals surface area contributed by atoms with Crippen LogP contribution in [0, 0.1) is 5.92 Å². The van der Waals surface area contributed by atoms with Gasteiger partial charge in [-0.15, -0.1) is 0 Å². The molecule has 1 aliphatic rings. The average Bonchev–Trinajstić information content (AvgIpc) is 2.47. The van der Waals surface area contributed by atoms with E-state index < -0.39 is 16.1 Å². The Morgan fingerprint density at radius 1 is 1.43 bits per heavy atom. The maximum atomic E-state index is 12.7. The Kier molecular flexibility index (Phi) is 5.03. The first kappa shape index (κ1) is 16.4. The molecule has 5 nitrogen and oxygen atoms in total. The summed E-state index contributed by atoms with van der Waals surface area (Å²) >= 11 is 0. The van der Waals surface area contributed by atoms with Crippen LogP contribution >= 0.6 is 0 Å². The van der Waals surface area contributed by atoms with E-state index in [9.17, 15) is 13.5 Å². The van der Waals surface area contributed by atoms with Crippen molar-refractivity contribution in [2.45, 2.75) is 37.4 Å². The lowest BCUT2D eigenvalue weighted by atomic mass is 9.97. The van der Waals surface area contributed by atoms with Gasteiger partial charge in [0.1, 0.15) is 0 Å². The zero-order chi connectivity index (χ0) is 15.6. The van der Waals surface area contributed by atoms with Crippen LogP contribution in [0.3, 0.4) is 0 Å². The van der Waals surface area contributed by atoms with Gasteiger partial charge >= 0.3 is 0 Å². The lowest BCUT2D eigenvalue weighted by Crippen LogP contribution is -2.46. The van der Waals surface area contributed by atoms with E-state index >= 15 is 0 Å². The lowest BCUT2D eigenvalue weighted by molar-refractivity contribution is 0.0184. The summed E-state index contributed by atoms with van der Waals surface area (Å²) in [5.41, 5.74) is 0.602. The first-order valence-electron chi connectivity index (χ1n) is 7.17. The minimum atomic E-state index is -3.54. The van der Waals surface area contributed by atoms with Gasteiger partial charge in [-0.05, 0) is 37.0 Å². The van der Waals surface area contributed by atoms with Gasteiger partial charge in [0.2, 0.25) is 10.0 Å². The van der Waals surface area contributed by atoms with Gasteiger partial charge in [0.25, 0.3) is 0 Å². The number of benzene rings is 1. The Bertz CT molecular complexity index is 585. The Balaban J connectivity index is 2.27. The molecule has 0 bridgehead atoms. The third-order valence-corrected chi connectivity index (χ3v) is 5.99. The molecule has 0 radical (unpaired) electrons. The van der Waals surface area contributed by atoms with Crippen LogP contribution in [-0.2, 0) is 14.8 Å². The number of aliphatic hydroxyl groups excluding tert-OH is 1. The van der Waals surface area contributed by atoms with Crippen LogP contribution in [0.4, 0.5) is 0 Å². The van der Waals surface area contributed by atoms with E-state index in [0.29, 0.717) is 24.6 Å². The molecule has 0 saturated carbocycles. The molecular formula is C15H23NO4S. The summed E-state index contributed by atoms with van der Waals surface area (Å²) in [6.45, 7) is 4.57. The van der Waals surface area contributed by atoms with Crippen molar-refractivity contribution in [1.82, 2.24) is 4.31 Å². The summed E-state index contributed by atoms with van der Waals surface area (Å²) in [6, 6.07) is 6.50. The number of rotatable bonds is 4. The van der Waals surface area contributed by atoms with E-state index in [1.807, 2.05) is 0 Å². The Morgan fingerprint density at radius 3 is 2.76 bits per heavy atom. The molecule has 118 valence electrons. The molecule has 3 atom stereocenters. The zero-order valence-corrected chi connectivity index (χ0v) is 13.5. The van der Waals surface area contributed by atoms with E-state index in [0.717, 1.165) is 6.42 Å². The van der Waals surface area contributed by atoms with Crippen molar-refractivity contribution >= 4 is 10.0 Å². The van der Waals surface area contributed by atoms with Crippen molar-refractivity contribution in [2.75, 3.05) is 20.2 Å². The van der Waals surface area contributed by atoms with E-state index in [-0.39, 0.29) is 11.0 Å². The number of hydrogen-bond acceptors (Lipinski definition) is 4. The molecule has 1 aliphatic heterocycles. The monoisotopic (exact) mass is 313 g/mol. The molecule has 0 aromatic heterocycles. The fourth-order valence-electron chi connectivity index (χ4n) is 2.61. The van der Waals surface area contributed by atoms with Crippen LogP contribution in [0.2, 0.25) is 0 Å². The summed E-state index contributed by atoms with van der Waals surface area (Å²) in [5, 5.41) is 9.61. The maximum absolute atomic E-state index is 12.7. The smallest absolute Gasteiger partial charge is 0.243 e. The molecule has 0 amide bonds. The molecule has 0 aliphatic carbocycles. The number of aliphatic hydroxyl groups is 1. The topological polar surface area (TPSA) is 66.8 Å². The molecule has 1 saturated heterocycles. The molecule has 1 heterocycles. The molecule has 21 heavy (non-hydrogen) atoms. The molecule has 1 N–H and O–H groups in total. The van der Waals surface area contributed by atoms with Gasteiger partial charge in [0.05, 0.1) is 17.1 Å². The van der Waals surface area contributed by atoms with Crippen LogP contribution in [0.5, 0.6) is 0 Å². The number of piperidine rings is 1. The molecule has 1 fully saturated rings. The Morgan fingerprint density at radius 2 is 2.14 bits per heavy atom. The average molecular weight is 313 g/mol. The highest BCUT2D eigenvalue weighted by Crippen LogP contribution is 2.26. The van der Waals surface area contributed by atoms with Crippen molar-refractivity contribution in [1.29, 1.82) is 0 Å². The molecule has 1 aromatic rings. The number of sulfonamides is 1. The fraction of sp³-hybridized carbons (Fsp3) is 0.600. The van der Waals surface area contributed by atoms with E-state index in [1.165, 1.54) is 4.31 Å². The van der Waals surface area contributed by atoms with Gasteiger partial charge < -0.3 is 9.84 Å². The van der Waals surface area contributed by atoms with E-state index in [2.05, 4.69) is 6.92 Å². The van der Waals surface area contributed by atoms with Crippen molar-refractivity contribution in [2.24, 2.45) is 5.92 Å². The third kappa shape index (κ3) is 3.45. The molecule has 2 rings (SSSR count). The van der Waals surface area contributed by atoms with E-state index in [4.69, 9.17) is 4.74 Å². The van der Waals surface area contributed by atoms with Crippen LogP contribution in [0.15, 0.2) is 29.2 Å². The second kappa shape index (κ2) is 6.44. The van der Waals surface area contributed by atoms with Crippen LogP contribution < -0.4 is 0 Å². The molecule has 6 heteroatoms. The van der Waals surface area contributed by atoms with Gasteiger partial charge in [-0.1, -0.05) is 19.1 Å².